The van der Waals surface area contributed by atoms with Gasteiger partial charge in [0.15, 0.2) is 0 Å². The molecule has 1 N–H and O–H groups in total. The zero-order valence-corrected chi connectivity index (χ0v) is 18.7. The fourth-order valence-corrected chi connectivity index (χ4v) is 4.60. The number of amides is 1. The fourth-order valence-electron chi connectivity index (χ4n) is 3.10. The first-order valence-electron chi connectivity index (χ1n) is 9.53. The first-order chi connectivity index (χ1) is 14.7. The monoisotopic (exact) mass is 460 g/mol. The fraction of sp³-hybridized carbons (Fsp3) is 0.174. The Hall–Kier alpha value is -2.74. The van der Waals surface area contributed by atoms with Gasteiger partial charge in [-0.2, -0.15) is 4.31 Å². The summed E-state index contributed by atoms with van der Waals surface area (Å²) in [5.41, 5.74) is 2.65. The summed E-state index contributed by atoms with van der Waals surface area (Å²) < 4.78 is 41.7. The van der Waals surface area contributed by atoms with Crippen molar-refractivity contribution >= 4 is 33.2 Å². The lowest BCUT2D eigenvalue weighted by Gasteiger charge is -2.22. The molecule has 0 radical (unpaired) electrons. The van der Waals surface area contributed by atoms with E-state index in [1.54, 1.807) is 12.1 Å². The highest BCUT2D eigenvalue weighted by molar-refractivity contribution is 7.89. The predicted molar refractivity (Wildman–Crippen MR) is 120 cm³/mol. The average Bonchev–Trinajstić information content (AvgIpc) is 2.71. The van der Waals surface area contributed by atoms with Crippen molar-refractivity contribution in [2.75, 3.05) is 11.9 Å². The summed E-state index contributed by atoms with van der Waals surface area (Å²) in [5.74, 6) is -1.07. The molecule has 0 saturated carbocycles. The van der Waals surface area contributed by atoms with E-state index in [1.807, 2.05) is 26.0 Å². The topological polar surface area (TPSA) is 66.5 Å². The van der Waals surface area contributed by atoms with Crippen molar-refractivity contribution in [3.8, 4) is 0 Å². The van der Waals surface area contributed by atoms with Crippen LogP contribution in [0.15, 0.2) is 71.6 Å². The number of benzene rings is 3. The molecule has 3 aromatic carbocycles. The highest BCUT2D eigenvalue weighted by Gasteiger charge is 2.28. The van der Waals surface area contributed by atoms with Gasteiger partial charge in [0, 0.05) is 22.8 Å². The third kappa shape index (κ3) is 5.70. The van der Waals surface area contributed by atoms with Crippen molar-refractivity contribution in [3.63, 3.8) is 0 Å². The Morgan fingerprint density at radius 3 is 2.35 bits per heavy atom. The SMILES string of the molecule is Cc1ccc(NC(=O)CN(Cc2ccccc2F)S(=O)(=O)c2ccc(Cl)cc2)c(C)c1. The third-order valence-corrected chi connectivity index (χ3v) is 6.79. The van der Waals surface area contributed by atoms with E-state index in [4.69, 9.17) is 11.6 Å². The molecule has 0 aliphatic heterocycles. The minimum absolute atomic E-state index is 0.0347. The van der Waals surface area contributed by atoms with Crippen LogP contribution in [0.1, 0.15) is 16.7 Å². The van der Waals surface area contributed by atoms with Crippen LogP contribution >= 0.6 is 11.6 Å². The van der Waals surface area contributed by atoms with E-state index in [1.165, 1.54) is 42.5 Å². The zero-order chi connectivity index (χ0) is 22.6. The van der Waals surface area contributed by atoms with Crippen molar-refractivity contribution in [3.05, 3.63) is 94.3 Å². The number of carbonyl (C=O) groups is 1. The molecular formula is C23H22ClFN2O3S. The standard InChI is InChI=1S/C23H22ClFN2O3S/c1-16-7-12-22(17(2)13-16)26-23(28)15-27(14-18-5-3-4-6-21(18)25)31(29,30)20-10-8-19(24)9-11-20/h3-13H,14-15H2,1-2H3,(H,26,28). The quantitative estimate of drug-likeness (QED) is 0.544. The Bertz CT molecular complexity index is 1200. The van der Waals surface area contributed by atoms with Crippen LogP contribution in [0.3, 0.4) is 0 Å². The van der Waals surface area contributed by atoms with Gasteiger partial charge in [0.25, 0.3) is 0 Å². The summed E-state index contributed by atoms with van der Waals surface area (Å²) in [6.07, 6.45) is 0. The summed E-state index contributed by atoms with van der Waals surface area (Å²) >= 11 is 5.87. The molecule has 0 aromatic heterocycles. The van der Waals surface area contributed by atoms with Crippen LogP contribution in [-0.2, 0) is 21.4 Å². The van der Waals surface area contributed by atoms with Gasteiger partial charge in [0.1, 0.15) is 5.82 Å². The van der Waals surface area contributed by atoms with Gasteiger partial charge >= 0.3 is 0 Å². The predicted octanol–water partition coefficient (Wildman–Crippen LogP) is 4.93. The molecule has 3 rings (SSSR count). The molecule has 0 heterocycles. The summed E-state index contributed by atoms with van der Waals surface area (Å²) in [7, 11) is -4.09. The molecule has 162 valence electrons. The minimum Gasteiger partial charge on any atom is -0.325 e. The lowest BCUT2D eigenvalue weighted by atomic mass is 10.1. The highest BCUT2D eigenvalue weighted by atomic mass is 35.5. The first-order valence-corrected chi connectivity index (χ1v) is 11.3. The molecule has 0 aliphatic rings. The molecular weight excluding hydrogens is 439 g/mol. The second-order valence-corrected chi connectivity index (χ2v) is 9.56. The molecule has 0 bridgehead atoms. The van der Waals surface area contributed by atoms with E-state index in [0.29, 0.717) is 10.7 Å². The molecule has 5 nitrogen and oxygen atoms in total. The van der Waals surface area contributed by atoms with Gasteiger partial charge in [-0.05, 0) is 55.8 Å². The van der Waals surface area contributed by atoms with E-state index >= 15 is 0 Å². The van der Waals surface area contributed by atoms with E-state index in [9.17, 15) is 17.6 Å². The molecule has 0 spiro atoms. The summed E-state index contributed by atoms with van der Waals surface area (Å²) in [6.45, 7) is 3.02. The van der Waals surface area contributed by atoms with Gasteiger partial charge in [-0.15, -0.1) is 0 Å². The Kier molecular flexibility index (Phi) is 7.10. The average molecular weight is 461 g/mol. The Balaban J connectivity index is 1.90. The molecule has 1 amide bonds. The zero-order valence-electron chi connectivity index (χ0n) is 17.1. The maximum Gasteiger partial charge on any atom is 0.243 e. The van der Waals surface area contributed by atoms with Crippen molar-refractivity contribution in [2.24, 2.45) is 0 Å². The van der Waals surface area contributed by atoms with Crippen LogP contribution in [0, 0.1) is 19.7 Å². The number of hydrogen-bond donors (Lipinski definition) is 1. The first kappa shape index (κ1) is 22.9. The minimum atomic E-state index is -4.09. The smallest absolute Gasteiger partial charge is 0.243 e. The van der Waals surface area contributed by atoms with Gasteiger partial charge in [-0.1, -0.05) is 47.5 Å². The number of hydrogen-bond acceptors (Lipinski definition) is 3. The number of sulfonamides is 1. The maximum absolute atomic E-state index is 14.2. The molecule has 0 aliphatic carbocycles. The van der Waals surface area contributed by atoms with Crippen LogP contribution in [0.2, 0.25) is 5.02 Å². The van der Waals surface area contributed by atoms with Crippen LogP contribution in [-0.4, -0.2) is 25.2 Å². The lowest BCUT2D eigenvalue weighted by Crippen LogP contribution is -2.37. The summed E-state index contributed by atoms with van der Waals surface area (Å²) in [5, 5.41) is 3.12. The van der Waals surface area contributed by atoms with Crippen LogP contribution in [0.4, 0.5) is 10.1 Å². The van der Waals surface area contributed by atoms with E-state index < -0.39 is 28.3 Å². The van der Waals surface area contributed by atoms with Crippen LogP contribution in [0.5, 0.6) is 0 Å². The largest absolute Gasteiger partial charge is 0.325 e. The van der Waals surface area contributed by atoms with E-state index in [0.717, 1.165) is 15.4 Å². The third-order valence-electron chi connectivity index (χ3n) is 4.73. The molecule has 0 unspecified atom stereocenters. The van der Waals surface area contributed by atoms with Gasteiger partial charge in [0.2, 0.25) is 15.9 Å². The highest BCUT2D eigenvalue weighted by Crippen LogP contribution is 2.22. The Labute approximate surface area is 186 Å². The van der Waals surface area contributed by atoms with Crippen molar-refractivity contribution in [2.45, 2.75) is 25.3 Å². The lowest BCUT2D eigenvalue weighted by molar-refractivity contribution is -0.116. The second kappa shape index (κ2) is 9.60. The normalized spacial score (nSPS) is 11.5. The Morgan fingerprint density at radius 2 is 1.71 bits per heavy atom. The number of nitrogens with one attached hydrogen (secondary N) is 1. The van der Waals surface area contributed by atoms with E-state index in [2.05, 4.69) is 5.32 Å². The van der Waals surface area contributed by atoms with Crippen molar-refractivity contribution in [1.29, 1.82) is 0 Å². The van der Waals surface area contributed by atoms with Gasteiger partial charge in [-0.3, -0.25) is 4.79 Å². The molecule has 3 aromatic rings. The summed E-state index contributed by atoms with van der Waals surface area (Å²) in [4.78, 5) is 12.7. The van der Waals surface area contributed by atoms with E-state index in [-0.39, 0.29) is 17.0 Å². The maximum atomic E-state index is 14.2. The summed E-state index contributed by atoms with van der Waals surface area (Å²) in [6, 6.07) is 17.0. The number of anilines is 1. The molecule has 31 heavy (non-hydrogen) atoms. The number of nitrogens with zero attached hydrogens (tertiary/aromatic N) is 1. The van der Waals surface area contributed by atoms with Gasteiger partial charge in [0.05, 0.1) is 11.4 Å². The van der Waals surface area contributed by atoms with Gasteiger partial charge < -0.3 is 5.32 Å². The van der Waals surface area contributed by atoms with Crippen molar-refractivity contribution in [1.82, 2.24) is 4.31 Å². The number of rotatable bonds is 7. The molecule has 0 saturated heterocycles. The number of carbonyl (C=O) groups excluding carboxylic acids is 1. The Morgan fingerprint density at radius 1 is 1.03 bits per heavy atom. The van der Waals surface area contributed by atoms with Crippen LogP contribution < -0.4 is 5.32 Å². The van der Waals surface area contributed by atoms with Crippen molar-refractivity contribution < 1.29 is 17.6 Å². The van der Waals surface area contributed by atoms with Crippen LogP contribution in [0.25, 0.3) is 0 Å². The number of halogens is 2. The molecule has 0 fully saturated rings. The number of aryl methyl sites for hydroxylation is 2. The molecule has 0 atom stereocenters. The van der Waals surface area contributed by atoms with Gasteiger partial charge in [-0.25, -0.2) is 12.8 Å². The molecule has 8 heteroatoms. The second-order valence-electron chi connectivity index (χ2n) is 7.18.